The van der Waals surface area contributed by atoms with E-state index >= 15 is 0 Å². The number of ether oxygens (including phenoxy) is 1. The van der Waals surface area contributed by atoms with Crippen LogP contribution in [0.25, 0.3) is 22.5 Å². The number of furan rings is 1. The van der Waals surface area contributed by atoms with Crippen molar-refractivity contribution in [3.63, 3.8) is 0 Å². The maximum absolute atomic E-state index is 12.9. The van der Waals surface area contributed by atoms with Crippen molar-refractivity contribution >= 4 is 11.6 Å². The van der Waals surface area contributed by atoms with Gasteiger partial charge in [0.2, 0.25) is 5.91 Å². The molecule has 3 aliphatic rings. The van der Waals surface area contributed by atoms with E-state index in [4.69, 9.17) is 14.6 Å². The number of amides is 1. The smallest absolute Gasteiger partial charge is 0.236 e. The summed E-state index contributed by atoms with van der Waals surface area (Å²) in [5.74, 6) is 2.37. The molecule has 2 aliphatic heterocycles. The molecule has 4 heterocycles. The monoisotopic (exact) mass is 484 g/mol. The van der Waals surface area contributed by atoms with E-state index in [0.29, 0.717) is 19.8 Å². The normalized spacial score (nSPS) is 19.0. The SMILES string of the molecule is N=C1CCc2cc(-c3oc(C4CCN(C(=O)CN5CCOCC5)CC4)cc3-c3ccncc3)ccc21. The van der Waals surface area contributed by atoms with Gasteiger partial charge in [-0.15, -0.1) is 0 Å². The number of fused-ring (bicyclic) bond motifs is 1. The zero-order valence-corrected chi connectivity index (χ0v) is 20.5. The topological polar surface area (TPSA) is 82.7 Å². The van der Waals surface area contributed by atoms with E-state index in [1.807, 2.05) is 29.4 Å². The highest BCUT2D eigenvalue weighted by atomic mass is 16.5. The third kappa shape index (κ3) is 4.61. The van der Waals surface area contributed by atoms with Gasteiger partial charge in [0.15, 0.2) is 0 Å². The van der Waals surface area contributed by atoms with Crippen molar-refractivity contribution in [1.82, 2.24) is 14.8 Å². The van der Waals surface area contributed by atoms with Crippen molar-refractivity contribution in [2.45, 2.75) is 31.6 Å². The molecule has 0 radical (unpaired) electrons. The number of rotatable bonds is 5. The summed E-state index contributed by atoms with van der Waals surface area (Å²) in [6.45, 7) is 5.09. The maximum atomic E-state index is 12.9. The molecular formula is C29H32N4O3. The van der Waals surface area contributed by atoms with Gasteiger partial charge in [-0.1, -0.05) is 12.1 Å². The minimum atomic E-state index is 0.219. The molecule has 7 heteroatoms. The van der Waals surface area contributed by atoms with Gasteiger partial charge in [-0.25, -0.2) is 0 Å². The van der Waals surface area contributed by atoms with Crippen LogP contribution >= 0.6 is 0 Å². The average molecular weight is 485 g/mol. The van der Waals surface area contributed by atoms with Crippen LogP contribution in [0.4, 0.5) is 0 Å². The molecule has 1 amide bonds. The standard InChI is InChI=1S/C29H32N4O3/c30-26-4-2-22-17-23(1-3-24(22)26)29-25(20-5-9-31-10-6-20)18-27(36-29)21-7-11-33(12-8-21)28(34)19-32-13-15-35-16-14-32/h1,3,5-6,9-10,17-18,21,30H,2,4,7-8,11-16,19H2. The number of nitrogens with one attached hydrogen (secondary N) is 1. The zero-order chi connectivity index (χ0) is 24.5. The number of hydrogen-bond donors (Lipinski definition) is 1. The second-order valence-electron chi connectivity index (χ2n) is 10.0. The summed E-state index contributed by atoms with van der Waals surface area (Å²) in [5, 5.41) is 8.17. The van der Waals surface area contributed by atoms with Crippen molar-refractivity contribution in [2.24, 2.45) is 0 Å². The quantitative estimate of drug-likeness (QED) is 0.582. The van der Waals surface area contributed by atoms with Gasteiger partial charge < -0.3 is 19.5 Å². The summed E-state index contributed by atoms with van der Waals surface area (Å²) in [6, 6.07) is 12.6. The second-order valence-corrected chi connectivity index (χ2v) is 10.0. The third-order valence-corrected chi connectivity index (χ3v) is 7.79. The molecule has 0 spiro atoms. The molecule has 1 N–H and O–H groups in total. The Bertz CT molecular complexity index is 1250. The molecule has 6 rings (SSSR count). The van der Waals surface area contributed by atoms with Crippen LogP contribution in [0.3, 0.4) is 0 Å². The van der Waals surface area contributed by atoms with Crippen LogP contribution in [0.15, 0.2) is 53.2 Å². The number of morpholine rings is 1. The van der Waals surface area contributed by atoms with Gasteiger partial charge in [0.1, 0.15) is 11.5 Å². The molecular weight excluding hydrogens is 452 g/mol. The maximum Gasteiger partial charge on any atom is 0.236 e. The number of nitrogens with zero attached hydrogens (tertiary/aromatic N) is 3. The van der Waals surface area contributed by atoms with Crippen molar-refractivity contribution in [2.75, 3.05) is 45.9 Å². The van der Waals surface area contributed by atoms with Crippen LogP contribution in [-0.2, 0) is 16.0 Å². The molecule has 3 aromatic rings. The van der Waals surface area contributed by atoms with Crippen molar-refractivity contribution < 1.29 is 13.9 Å². The second kappa shape index (κ2) is 9.99. The number of piperidine rings is 1. The van der Waals surface area contributed by atoms with Gasteiger partial charge in [0.05, 0.1) is 19.8 Å². The van der Waals surface area contributed by atoms with E-state index in [0.717, 1.165) is 91.3 Å². The fourth-order valence-electron chi connectivity index (χ4n) is 5.67. The van der Waals surface area contributed by atoms with E-state index in [-0.39, 0.29) is 11.8 Å². The largest absolute Gasteiger partial charge is 0.460 e. The first-order valence-corrected chi connectivity index (χ1v) is 13.0. The molecule has 0 atom stereocenters. The van der Waals surface area contributed by atoms with Gasteiger partial charge in [0.25, 0.3) is 0 Å². The molecule has 7 nitrogen and oxygen atoms in total. The molecule has 1 aliphatic carbocycles. The molecule has 0 saturated carbocycles. The van der Waals surface area contributed by atoms with Gasteiger partial charge >= 0.3 is 0 Å². The Morgan fingerprint density at radius 1 is 0.944 bits per heavy atom. The first-order chi connectivity index (χ1) is 17.7. The number of aryl methyl sites for hydroxylation is 1. The Morgan fingerprint density at radius 3 is 2.50 bits per heavy atom. The van der Waals surface area contributed by atoms with Gasteiger partial charge in [-0.2, -0.15) is 0 Å². The summed E-state index contributed by atoms with van der Waals surface area (Å²) in [5.41, 5.74) is 6.22. The number of hydrogen-bond acceptors (Lipinski definition) is 6. The summed E-state index contributed by atoms with van der Waals surface area (Å²) in [6.07, 6.45) is 7.15. The number of pyridine rings is 1. The van der Waals surface area contributed by atoms with Crippen molar-refractivity contribution in [3.05, 3.63) is 65.7 Å². The lowest BCUT2D eigenvalue weighted by molar-refractivity contribution is -0.134. The van der Waals surface area contributed by atoms with Crippen LogP contribution in [0, 0.1) is 5.41 Å². The van der Waals surface area contributed by atoms with Gasteiger partial charge in [0, 0.05) is 61.3 Å². The fourth-order valence-corrected chi connectivity index (χ4v) is 5.67. The number of aromatic nitrogens is 1. The van der Waals surface area contributed by atoms with Crippen molar-refractivity contribution in [1.29, 1.82) is 5.41 Å². The molecule has 36 heavy (non-hydrogen) atoms. The number of likely N-dealkylation sites (tertiary alicyclic amines) is 1. The summed E-state index contributed by atoms with van der Waals surface area (Å²) in [4.78, 5) is 21.2. The molecule has 2 aromatic heterocycles. The fraction of sp³-hybridized carbons (Fsp3) is 0.414. The van der Waals surface area contributed by atoms with E-state index in [2.05, 4.69) is 34.1 Å². The van der Waals surface area contributed by atoms with Gasteiger partial charge in [-0.3, -0.25) is 14.7 Å². The molecule has 1 aromatic carbocycles. The van der Waals surface area contributed by atoms with E-state index in [1.54, 1.807) is 0 Å². The van der Waals surface area contributed by atoms with E-state index < -0.39 is 0 Å². The highest BCUT2D eigenvalue weighted by Crippen LogP contribution is 2.41. The first kappa shape index (κ1) is 23.1. The van der Waals surface area contributed by atoms with E-state index in [9.17, 15) is 4.79 Å². The number of carbonyl (C=O) groups is 1. The highest BCUT2D eigenvalue weighted by molar-refractivity contribution is 6.03. The lowest BCUT2D eigenvalue weighted by Crippen LogP contribution is -2.46. The number of benzene rings is 1. The Morgan fingerprint density at radius 2 is 1.72 bits per heavy atom. The van der Waals surface area contributed by atoms with Gasteiger partial charge in [-0.05, 0) is 66.6 Å². The Kier molecular flexibility index (Phi) is 6.42. The highest BCUT2D eigenvalue weighted by Gasteiger charge is 2.29. The van der Waals surface area contributed by atoms with Crippen LogP contribution in [0.1, 0.15) is 42.1 Å². The molecule has 2 fully saturated rings. The lowest BCUT2D eigenvalue weighted by Gasteiger charge is -2.33. The lowest BCUT2D eigenvalue weighted by atomic mass is 9.93. The molecule has 0 bridgehead atoms. The number of carbonyl (C=O) groups excluding carboxylic acids is 1. The van der Waals surface area contributed by atoms with Crippen LogP contribution in [0.5, 0.6) is 0 Å². The third-order valence-electron chi connectivity index (χ3n) is 7.79. The molecule has 186 valence electrons. The summed E-state index contributed by atoms with van der Waals surface area (Å²) >= 11 is 0. The summed E-state index contributed by atoms with van der Waals surface area (Å²) < 4.78 is 12.0. The zero-order valence-electron chi connectivity index (χ0n) is 20.5. The summed E-state index contributed by atoms with van der Waals surface area (Å²) in [7, 11) is 0. The first-order valence-electron chi connectivity index (χ1n) is 13.0. The Hall–Kier alpha value is -3.29. The van der Waals surface area contributed by atoms with Crippen LogP contribution in [0.2, 0.25) is 0 Å². The van der Waals surface area contributed by atoms with Crippen LogP contribution < -0.4 is 0 Å². The molecule has 2 saturated heterocycles. The minimum Gasteiger partial charge on any atom is -0.460 e. The minimum absolute atomic E-state index is 0.219. The van der Waals surface area contributed by atoms with E-state index in [1.165, 1.54) is 5.56 Å². The van der Waals surface area contributed by atoms with Crippen LogP contribution in [-0.4, -0.2) is 72.3 Å². The van der Waals surface area contributed by atoms with Crippen molar-refractivity contribution in [3.8, 4) is 22.5 Å². The predicted octanol–water partition coefficient (Wildman–Crippen LogP) is 4.36. The predicted molar refractivity (Wildman–Crippen MR) is 138 cm³/mol. The molecule has 0 unspecified atom stereocenters. The Labute approximate surface area is 211 Å². The Balaban J connectivity index is 1.22. The average Bonchev–Trinajstić information content (AvgIpc) is 3.54.